The highest BCUT2D eigenvalue weighted by Crippen LogP contribution is 2.26. The van der Waals surface area contributed by atoms with Gasteiger partial charge in [0.2, 0.25) is 0 Å². The maximum atomic E-state index is 5.57. The molecule has 5 heteroatoms. The number of nitrogens with one attached hydrogen (secondary N) is 1. The van der Waals surface area contributed by atoms with Gasteiger partial charge in [-0.3, -0.25) is 16.3 Å². The van der Waals surface area contributed by atoms with Crippen molar-refractivity contribution in [1.29, 1.82) is 0 Å². The Labute approximate surface area is 107 Å². The van der Waals surface area contributed by atoms with Crippen LogP contribution in [0.3, 0.4) is 0 Å². The highest BCUT2D eigenvalue weighted by atomic mass is 79.9. The number of hydrogen-bond donors (Lipinski definition) is 2. The van der Waals surface area contributed by atoms with Gasteiger partial charge in [0.05, 0.1) is 9.83 Å². The molecule has 0 aliphatic carbocycles. The molecule has 16 heavy (non-hydrogen) atoms. The van der Waals surface area contributed by atoms with E-state index in [1.807, 2.05) is 18.2 Å². The van der Waals surface area contributed by atoms with Crippen LogP contribution in [0, 0.1) is 0 Å². The van der Waals surface area contributed by atoms with E-state index in [0.717, 1.165) is 15.9 Å². The van der Waals surface area contributed by atoms with E-state index in [0.29, 0.717) is 0 Å². The van der Waals surface area contributed by atoms with Gasteiger partial charge in [0.15, 0.2) is 0 Å². The van der Waals surface area contributed by atoms with Crippen LogP contribution in [0.5, 0.6) is 0 Å². The molecule has 0 radical (unpaired) electrons. The van der Waals surface area contributed by atoms with Gasteiger partial charge in [0.25, 0.3) is 0 Å². The summed E-state index contributed by atoms with van der Waals surface area (Å²) in [5, 5.41) is 2.09. The minimum Gasteiger partial charge on any atom is -0.271 e. The number of nitrogens with zero attached hydrogens (tertiary/aromatic N) is 1. The van der Waals surface area contributed by atoms with Gasteiger partial charge in [0, 0.05) is 18.3 Å². The number of hydrogen-bond acceptors (Lipinski definition) is 4. The van der Waals surface area contributed by atoms with Crippen LogP contribution in [0.15, 0.2) is 39.6 Å². The molecule has 3 nitrogen and oxygen atoms in total. The number of nitrogens with two attached hydrogens (primary N) is 1. The van der Waals surface area contributed by atoms with Gasteiger partial charge in [-0.05, 0) is 45.1 Å². The van der Waals surface area contributed by atoms with E-state index in [-0.39, 0.29) is 6.04 Å². The van der Waals surface area contributed by atoms with Gasteiger partial charge >= 0.3 is 0 Å². The fraction of sp³-hybridized carbons (Fsp3) is 0.182. The lowest BCUT2D eigenvalue weighted by Gasteiger charge is -2.13. The van der Waals surface area contributed by atoms with Crippen LogP contribution in [-0.4, -0.2) is 4.98 Å². The predicted octanol–water partition coefficient (Wildman–Crippen LogP) is 2.65. The molecule has 0 aliphatic rings. The number of pyridine rings is 1. The molecule has 0 amide bonds. The third kappa shape index (κ3) is 2.89. The fourth-order valence-corrected chi connectivity index (χ4v) is 2.74. The third-order valence-corrected chi connectivity index (χ3v) is 3.85. The predicted molar refractivity (Wildman–Crippen MR) is 70.0 cm³/mol. The SMILES string of the molecule is NNC(Cc1ccccn1)c1csc(Br)c1. The van der Waals surface area contributed by atoms with Crippen molar-refractivity contribution in [3.63, 3.8) is 0 Å². The Morgan fingerprint density at radius 1 is 1.50 bits per heavy atom. The molecule has 0 fully saturated rings. The van der Waals surface area contributed by atoms with Crippen molar-refractivity contribution in [1.82, 2.24) is 10.4 Å². The summed E-state index contributed by atoms with van der Waals surface area (Å²) in [6.45, 7) is 0. The van der Waals surface area contributed by atoms with Crippen LogP contribution in [0.25, 0.3) is 0 Å². The lowest BCUT2D eigenvalue weighted by atomic mass is 10.1. The molecule has 0 aliphatic heterocycles. The number of rotatable bonds is 4. The van der Waals surface area contributed by atoms with Crippen LogP contribution in [-0.2, 0) is 6.42 Å². The molecule has 1 unspecified atom stereocenters. The quantitative estimate of drug-likeness (QED) is 0.674. The summed E-state index contributed by atoms with van der Waals surface area (Å²) in [7, 11) is 0. The Bertz CT molecular complexity index is 444. The molecule has 3 N–H and O–H groups in total. The highest BCUT2D eigenvalue weighted by molar-refractivity contribution is 9.11. The van der Waals surface area contributed by atoms with Crippen molar-refractivity contribution in [3.05, 3.63) is 50.9 Å². The normalized spacial score (nSPS) is 12.6. The summed E-state index contributed by atoms with van der Waals surface area (Å²) >= 11 is 5.11. The van der Waals surface area contributed by atoms with E-state index < -0.39 is 0 Å². The number of aromatic nitrogens is 1. The third-order valence-electron chi connectivity index (χ3n) is 2.33. The Kier molecular flexibility index (Phi) is 4.06. The smallest absolute Gasteiger partial charge is 0.0701 e. The van der Waals surface area contributed by atoms with Gasteiger partial charge < -0.3 is 0 Å². The second kappa shape index (κ2) is 5.54. The van der Waals surface area contributed by atoms with E-state index in [2.05, 4.69) is 37.8 Å². The van der Waals surface area contributed by atoms with E-state index >= 15 is 0 Å². The lowest BCUT2D eigenvalue weighted by molar-refractivity contribution is 0.547. The standard InChI is InChI=1S/C11H12BrN3S/c12-11-5-8(7-16-11)10(15-13)6-9-3-1-2-4-14-9/h1-5,7,10,15H,6,13H2. The van der Waals surface area contributed by atoms with Gasteiger partial charge in [-0.1, -0.05) is 6.07 Å². The average molecular weight is 298 g/mol. The van der Waals surface area contributed by atoms with Crippen LogP contribution in [0.4, 0.5) is 0 Å². The first-order valence-corrected chi connectivity index (χ1v) is 6.57. The zero-order chi connectivity index (χ0) is 11.4. The minimum absolute atomic E-state index is 0.109. The molecule has 2 rings (SSSR count). The van der Waals surface area contributed by atoms with Gasteiger partial charge in [-0.15, -0.1) is 11.3 Å². The van der Waals surface area contributed by atoms with Crippen molar-refractivity contribution in [2.75, 3.05) is 0 Å². The topological polar surface area (TPSA) is 50.9 Å². The van der Waals surface area contributed by atoms with Crippen molar-refractivity contribution in [2.45, 2.75) is 12.5 Å². The number of hydrazine groups is 1. The van der Waals surface area contributed by atoms with Gasteiger partial charge in [0.1, 0.15) is 0 Å². The first-order valence-electron chi connectivity index (χ1n) is 4.89. The minimum atomic E-state index is 0.109. The summed E-state index contributed by atoms with van der Waals surface area (Å²) in [4.78, 5) is 4.29. The molecule has 0 saturated heterocycles. The number of halogens is 1. The van der Waals surface area contributed by atoms with E-state index in [1.165, 1.54) is 5.56 Å². The molecule has 84 valence electrons. The average Bonchev–Trinajstić information content (AvgIpc) is 2.74. The molecular weight excluding hydrogens is 286 g/mol. The second-order valence-electron chi connectivity index (χ2n) is 3.43. The zero-order valence-corrected chi connectivity index (χ0v) is 11.0. The van der Waals surface area contributed by atoms with Crippen LogP contribution in [0.1, 0.15) is 17.3 Å². The molecule has 2 aromatic rings. The summed E-state index contributed by atoms with van der Waals surface area (Å²) in [6.07, 6.45) is 2.59. The summed E-state index contributed by atoms with van der Waals surface area (Å²) < 4.78 is 1.11. The molecule has 0 aromatic carbocycles. The highest BCUT2D eigenvalue weighted by Gasteiger charge is 2.12. The monoisotopic (exact) mass is 297 g/mol. The van der Waals surface area contributed by atoms with E-state index in [9.17, 15) is 0 Å². The van der Waals surface area contributed by atoms with Gasteiger partial charge in [-0.25, -0.2) is 0 Å². The largest absolute Gasteiger partial charge is 0.271 e. The molecular formula is C11H12BrN3S. The van der Waals surface area contributed by atoms with Gasteiger partial charge in [-0.2, -0.15) is 0 Å². The van der Waals surface area contributed by atoms with Crippen molar-refractivity contribution in [2.24, 2.45) is 5.84 Å². The maximum absolute atomic E-state index is 5.57. The Balaban J connectivity index is 2.12. The first kappa shape index (κ1) is 11.7. The Morgan fingerprint density at radius 2 is 2.38 bits per heavy atom. The van der Waals surface area contributed by atoms with Crippen LogP contribution >= 0.6 is 27.3 Å². The van der Waals surface area contributed by atoms with Crippen LogP contribution in [0.2, 0.25) is 0 Å². The Hall–Kier alpha value is -0.750. The molecule has 2 heterocycles. The summed E-state index contributed by atoms with van der Waals surface area (Å²) in [5.74, 6) is 5.57. The van der Waals surface area contributed by atoms with Crippen molar-refractivity contribution in [3.8, 4) is 0 Å². The van der Waals surface area contributed by atoms with E-state index in [1.54, 1.807) is 17.5 Å². The Morgan fingerprint density at radius 3 is 2.94 bits per heavy atom. The second-order valence-corrected chi connectivity index (χ2v) is 5.72. The van der Waals surface area contributed by atoms with Crippen molar-refractivity contribution >= 4 is 27.3 Å². The molecule has 0 spiro atoms. The van der Waals surface area contributed by atoms with Crippen LogP contribution < -0.4 is 11.3 Å². The van der Waals surface area contributed by atoms with E-state index in [4.69, 9.17) is 5.84 Å². The zero-order valence-electron chi connectivity index (χ0n) is 8.56. The fourth-order valence-electron chi connectivity index (χ4n) is 1.51. The maximum Gasteiger partial charge on any atom is 0.0701 e. The number of thiophene rings is 1. The summed E-state index contributed by atoms with van der Waals surface area (Å²) in [6, 6.07) is 8.09. The molecule has 0 bridgehead atoms. The van der Waals surface area contributed by atoms with Crippen molar-refractivity contribution < 1.29 is 0 Å². The molecule has 0 saturated carbocycles. The molecule has 2 aromatic heterocycles. The molecule has 1 atom stereocenters. The lowest BCUT2D eigenvalue weighted by Crippen LogP contribution is -2.29. The summed E-state index contributed by atoms with van der Waals surface area (Å²) in [5.41, 5.74) is 5.05. The first-order chi connectivity index (χ1) is 7.79.